The lowest BCUT2D eigenvalue weighted by Crippen LogP contribution is -2.25. The Morgan fingerprint density at radius 3 is 2.71 bits per heavy atom. The number of hydrogen-bond donors (Lipinski definition) is 2. The normalized spacial score (nSPS) is 10.3. The minimum atomic E-state index is -0.217. The average molecular weight is 349 g/mol. The maximum Gasteiger partial charge on any atom is 0.271 e. The topological polar surface area (TPSA) is 76.1 Å². The fraction of sp³-hybridized carbons (Fsp3) is 0.353. The van der Waals surface area contributed by atoms with Gasteiger partial charge in [0.05, 0.1) is 12.8 Å². The molecular formula is C17H21ClN4O2. The molecule has 7 heteroatoms. The first-order valence-electron chi connectivity index (χ1n) is 7.86. The summed E-state index contributed by atoms with van der Waals surface area (Å²) >= 11 is 5.99. The molecule has 0 unspecified atom stereocenters. The molecule has 2 aromatic rings. The number of nitrogens with one attached hydrogen (secondary N) is 2. The van der Waals surface area contributed by atoms with Crippen molar-refractivity contribution in [1.82, 2.24) is 15.5 Å². The first-order valence-corrected chi connectivity index (χ1v) is 8.24. The molecule has 6 nitrogen and oxygen atoms in total. The van der Waals surface area contributed by atoms with E-state index in [-0.39, 0.29) is 11.6 Å². The van der Waals surface area contributed by atoms with Gasteiger partial charge in [-0.3, -0.25) is 4.79 Å². The highest BCUT2D eigenvalue weighted by molar-refractivity contribution is 6.31. The maximum absolute atomic E-state index is 12.0. The summed E-state index contributed by atoms with van der Waals surface area (Å²) in [5, 5.41) is 14.5. The molecule has 0 aliphatic rings. The zero-order valence-corrected chi connectivity index (χ0v) is 14.6. The summed E-state index contributed by atoms with van der Waals surface area (Å²) in [6.45, 7) is 2.77. The van der Waals surface area contributed by atoms with E-state index in [1.807, 2.05) is 0 Å². The number of aromatic nitrogens is 2. The van der Waals surface area contributed by atoms with Gasteiger partial charge in [0.25, 0.3) is 5.91 Å². The van der Waals surface area contributed by atoms with Crippen LogP contribution in [0.5, 0.6) is 5.75 Å². The molecule has 1 amide bonds. The summed E-state index contributed by atoms with van der Waals surface area (Å²) in [6.07, 6.45) is 3.17. The van der Waals surface area contributed by atoms with Crippen molar-refractivity contribution in [1.29, 1.82) is 0 Å². The number of methoxy groups -OCH3 is 1. The van der Waals surface area contributed by atoms with Gasteiger partial charge in [-0.15, -0.1) is 10.2 Å². The Labute approximate surface area is 146 Å². The number of unbranched alkanes of at least 4 members (excludes halogenated alkanes) is 2. The molecule has 128 valence electrons. The molecule has 0 bridgehead atoms. The van der Waals surface area contributed by atoms with Crippen molar-refractivity contribution in [2.24, 2.45) is 0 Å². The highest BCUT2D eigenvalue weighted by atomic mass is 35.5. The number of benzene rings is 1. The van der Waals surface area contributed by atoms with E-state index < -0.39 is 0 Å². The molecule has 0 fully saturated rings. The fourth-order valence-corrected chi connectivity index (χ4v) is 2.28. The molecule has 1 heterocycles. The van der Waals surface area contributed by atoms with Crippen LogP contribution in [-0.2, 0) is 0 Å². The van der Waals surface area contributed by atoms with Crippen molar-refractivity contribution in [2.75, 3.05) is 19.0 Å². The molecule has 1 aromatic carbocycles. The monoisotopic (exact) mass is 348 g/mol. The number of halogens is 1. The molecule has 0 saturated heterocycles. The Morgan fingerprint density at radius 2 is 2.04 bits per heavy atom. The number of hydrogen-bond acceptors (Lipinski definition) is 5. The van der Waals surface area contributed by atoms with Crippen LogP contribution in [-0.4, -0.2) is 29.8 Å². The number of ether oxygens (including phenoxy) is 1. The van der Waals surface area contributed by atoms with Crippen LogP contribution in [0.15, 0.2) is 30.3 Å². The van der Waals surface area contributed by atoms with E-state index >= 15 is 0 Å². The van der Waals surface area contributed by atoms with Crippen molar-refractivity contribution < 1.29 is 9.53 Å². The molecular weight excluding hydrogens is 328 g/mol. The number of carbonyl (C=O) groups is 1. The Kier molecular flexibility index (Phi) is 6.81. The third-order valence-electron chi connectivity index (χ3n) is 3.39. The van der Waals surface area contributed by atoms with Gasteiger partial charge < -0.3 is 15.4 Å². The summed E-state index contributed by atoms with van der Waals surface area (Å²) in [5.74, 6) is 0.919. The number of anilines is 2. The summed E-state index contributed by atoms with van der Waals surface area (Å²) in [7, 11) is 1.58. The second-order valence-electron chi connectivity index (χ2n) is 5.24. The van der Waals surface area contributed by atoms with Crippen LogP contribution in [0.4, 0.5) is 11.5 Å². The maximum atomic E-state index is 12.0. The quantitative estimate of drug-likeness (QED) is 0.709. The zero-order valence-electron chi connectivity index (χ0n) is 13.8. The number of rotatable bonds is 8. The third kappa shape index (κ3) is 5.09. The predicted molar refractivity (Wildman–Crippen MR) is 95.2 cm³/mol. The summed E-state index contributed by atoms with van der Waals surface area (Å²) in [6, 6.07) is 8.55. The third-order valence-corrected chi connectivity index (χ3v) is 3.62. The van der Waals surface area contributed by atoms with E-state index in [4.69, 9.17) is 16.3 Å². The van der Waals surface area contributed by atoms with Crippen LogP contribution in [0, 0.1) is 0 Å². The van der Waals surface area contributed by atoms with Gasteiger partial charge in [0.2, 0.25) is 0 Å². The SMILES string of the molecule is CCCCCNC(=O)c1ccc(Nc2cc(Cl)ccc2OC)nn1. The van der Waals surface area contributed by atoms with E-state index in [2.05, 4.69) is 27.8 Å². The van der Waals surface area contributed by atoms with E-state index in [0.29, 0.717) is 28.8 Å². The molecule has 0 aliphatic heterocycles. The lowest BCUT2D eigenvalue weighted by molar-refractivity contribution is 0.0947. The van der Waals surface area contributed by atoms with Gasteiger partial charge in [-0.1, -0.05) is 31.4 Å². The molecule has 24 heavy (non-hydrogen) atoms. The van der Waals surface area contributed by atoms with Gasteiger partial charge in [-0.2, -0.15) is 0 Å². The molecule has 0 radical (unpaired) electrons. The summed E-state index contributed by atoms with van der Waals surface area (Å²) < 4.78 is 5.27. The fourth-order valence-electron chi connectivity index (χ4n) is 2.10. The first-order chi connectivity index (χ1) is 11.6. The minimum absolute atomic E-state index is 0.217. The lowest BCUT2D eigenvalue weighted by atomic mass is 10.2. The highest BCUT2D eigenvalue weighted by Gasteiger charge is 2.09. The molecule has 2 N–H and O–H groups in total. The van der Waals surface area contributed by atoms with Crippen LogP contribution in [0.2, 0.25) is 5.02 Å². The van der Waals surface area contributed by atoms with Crippen LogP contribution in [0.25, 0.3) is 0 Å². The summed E-state index contributed by atoms with van der Waals surface area (Å²) in [4.78, 5) is 12.0. The predicted octanol–water partition coefficient (Wildman–Crippen LogP) is 3.80. The molecule has 2 rings (SSSR count). The van der Waals surface area contributed by atoms with Crippen LogP contribution in [0.1, 0.15) is 36.7 Å². The van der Waals surface area contributed by atoms with Gasteiger partial charge >= 0.3 is 0 Å². The second-order valence-corrected chi connectivity index (χ2v) is 5.67. The lowest BCUT2D eigenvalue weighted by Gasteiger charge is -2.10. The molecule has 0 atom stereocenters. The zero-order chi connectivity index (χ0) is 17.4. The van der Waals surface area contributed by atoms with Gasteiger partial charge in [0.1, 0.15) is 5.75 Å². The van der Waals surface area contributed by atoms with Crippen molar-refractivity contribution in [2.45, 2.75) is 26.2 Å². The molecule has 0 saturated carbocycles. The van der Waals surface area contributed by atoms with E-state index in [9.17, 15) is 4.79 Å². The Morgan fingerprint density at radius 1 is 1.21 bits per heavy atom. The van der Waals surface area contributed by atoms with Crippen molar-refractivity contribution in [3.05, 3.63) is 41.0 Å². The molecule has 1 aromatic heterocycles. The summed E-state index contributed by atoms with van der Waals surface area (Å²) in [5.41, 5.74) is 0.964. The Balaban J connectivity index is 1.99. The van der Waals surface area contributed by atoms with E-state index in [1.54, 1.807) is 37.4 Å². The number of nitrogens with zero attached hydrogens (tertiary/aromatic N) is 2. The van der Waals surface area contributed by atoms with E-state index in [0.717, 1.165) is 19.3 Å². The van der Waals surface area contributed by atoms with Crippen LogP contribution in [0.3, 0.4) is 0 Å². The molecule has 0 spiro atoms. The van der Waals surface area contributed by atoms with Crippen LogP contribution < -0.4 is 15.4 Å². The minimum Gasteiger partial charge on any atom is -0.495 e. The van der Waals surface area contributed by atoms with Gasteiger partial charge in [0.15, 0.2) is 11.5 Å². The van der Waals surface area contributed by atoms with Gasteiger partial charge in [-0.05, 0) is 36.8 Å². The second kappa shape index (κ2) is 9.08. The van der Waals surface area contributed by atoms with Gasteiger partial charge in [0, 0.05) is 11.6 Å². The highest BCUT2D eigenvalue weighted by Crippen LogP contribution is 2.29. The largest absolute Gasteiger partial charge is 0.495 e. The van der Waals surface area contributed by atoms with Gasteiger partial charge in [-0.25, -0.2) is 0 Å². The van der Waals surface area contributed by atoms with Crippen molar-refractivity contribution in [3.8, 4) is 5.75 Å². The standard InChI is InChI=1S/C17H21ClN4O2/c1-3-4-5-10-19-17(23)13-7-9-16(22-21-13)20-14-11-12(18)6-8-15(14)24-2/h6-9,11H,3-5,10H2,1-2H3,(H,19,23)(H,20,22). The van der Waals surface area contributed by atoms with Crippen molar-refractivity contribution >= 4 is 29.0 Å². The number of amides is 1. The van der Waals surface area contributed by atoms with E-state index in [1.165, 1.54) is 0 Å². The van der Waals surface area contributed by atoms with Crippen LogP contribution >= 0.6 is 11.6 Å². The Bertz CT molecular complexity index is 677. The number of carbonyl (C=O) groups excluding carboxylic acids is 1. The smallest absolute Gasteiger partial charge is 0.271 e. The average Bonchev–Trinajstić information content (AvgIpc) is 2.59. The Hall–Kier alpha value is -2.34. The van der Waals surface area contributed by atoms with Crippen molar-refractivity contribution in [3.63, 3.8) is 0 Å². The molecule has 0 aliphatic carbocycles. The first kappa shape index (κ1) is 18.0.